The fraction of sp³-hybridized carbons (Fsp3) is 0.545. The van der Waals surface area contributed by atoms with Crippen molar-refractivity contribution in [3.8, 4) is 0 Å². The molecule has 2 rings (SSSR count). The number of halogens is 3. The van der Waals surface area contributed by atoms with Crippen LogP contribution in [0.4, 0.5) is 19.0 Å². The van der Waals surface area contributed by atoms with Crippen LogP contribution in [0.3, 0.4) is 0 Å². The molecule has 0 unspecified atom stereocenters. The van der Waals surface area contributed by atoms with Crippen LogP contribution in [-0.4, -0.2) is 29.8 Å². The molecule has 17 heavy (non-hydrogen) atoms. The Bertz CT molecular complexity index is 406. The molecule has 0 radical (unpaired) electrons. The van der Waals surface area contributed by atoms with Crippen molar-refractivity contribution in [2.45, 2.75) is 12.8 Å². The molecule has 1 aliphatic heterocycles. The van der Waals surface area contributed by atoms with Crippen LogP contribution < -0.4 is 4.90 Å². The number of piperidine rings is 1. The summed E-state index contributed by atoms with van der Waals surface area (Å²) < 4.78 is 39.1. The lowest BCUT2D eigenvalue weighted by molar-refractivity contribution is 0.202. The topological polar surface area (TPSA) is 36.4 Å². The SMILES string of the molecule is OCC1CCN(c2nc(F)c(F)cc2F)CC1. The summed E-state index contributed by atoms with van der Waals surface area (Å²) >= 11 is 0. The zero-order valence-corrected chi connectivity index (χ0v) is 9.17. The van der Waals surface area contributed by atoms with Crippen LogP contribution in [0.5, 0.6) is 0 Å². The second-order valence-corrected chi connectivity index (χ2v) is 4.18. The van der Waals surface area contributed by atoms with E-state index in [1.807, 2.05) is 0 Å². The van der Waals surface area contributed by atoms with Gasteiger partial charge in [-0.15, -0.1) is 0 Å². The van der Waals surface area contributed by atoms with Crippen LogP contribution in [0.25, 0.3) is 0 Å². The Morgan fingerprint density at radius 1 is 1.24 bits per heavy atom. The van der Waals surface area contributed by atoms with Gasteiger partial charge >= 0.3 is 0 Å². The fourth-order valence-corrected chi connectivity index (χ4v) is 1.98. The lowest BCUT2D eigenvalue weighted by atomic mass is 9.98. The van der Waals surface area contributed by atoms with Crippen molar-refractivity contribution in [2.75, 3.05) is 24.6 Å². The van der Waals surface area contributed by atoms with E-state index in [2.05, 4.69) is 4.98 Å². The Hall–Kier alpha value is -1.30. The lowest BCUT2D eigenvalue weighted by Gasteiger charge is -2.32. The molecular weight excluding hydrogens is 233 g/mol. The fourth-order valence-electron chi connectivity index (χ4n) is 1.98. The normalized spacial score (nSPS) is 17.5. The molecule has 1 N–H and O–H groups in total. The van der Waals surface area contributed by atoms with Crippen LogP contribution in [-0.2, 0) is 0 Å². The molecule has 0 amide bonds. The third-order valence-electron chi connectivity index (χ3n) is 3.04. The standard InChI is InChI=1S/C11H13F3N2O/c12-8-5-9(13)11(15-10(8)14)16-3-1-7(6-17)2-4-16/h5,7,17H,1-4,6H2. The summed E-state index contributed by atoms with van der Waals surface area (Å²) in [5.41, 5.74) is 0. The number of aromatic nitrogens is 1. The van der Waals surface area contributed by atoms with E-state index in [-0.39, 0.29) is 18.3 Å². The average Bonchev–Trinajstić information content (AvgIpc) is 2.34. The van der Waals surface area contributed by atoms with E-state index in [1.54, 1.807) is 4.90 Å². The lowest BCUT2D eigenvalue weighted by Crippen LogP contribution is -2.36. The molecule has 6 heteroatoms. The zero-order valence-electron chi connectivity index (χ0n) is 9.17. The van der Waals surface area contributed by atoms with Gasteiger partial charge in [-0.2, -0.15) is 9.37 Å². The van der Waals surface area contributed by atoms with Crippen LogP contribution in [0.2, 0.25) is 0 Å². The molecule has 1 aliphatic rings. The van der Waals surface area contributed by atoms with Crippen LogP contribution in [0, 0.1) is 23.5 Å². The van der Waals surface area contributed by atoms with Gasteiger partial charge in [0.15, 0.2) is 17.5 Å². The first-order valence-corrected chi connectivity index (χ1v) is 5.49. The zero-order chi connectivity index (χ0) is 12.4. The van der Waals surface area contributed by atoms with Gasteiger partial charge in [-0.25, -0.2) is 8.78 Å². The number of hydrogen-bond donors (Lipinski definition) is 1. The molecule has 0 bridgehead atoms. The molecule has 0 atom stereocenters. The number of pyridine rings is 1. The molecule has 1 fully saturated rings. The predicted octanol–water partition coefficient (Wildman–Crippen LogP) is 1.71. The van der Waals surface area contributed by atoms with Crippen molar-refractivity contribution < 1.29 is 18.3 Å². The number of aliphatic hydroxyl groups excluding tert-OH is 1. The summed E-state index contributed by atoms with van der Waals surface area (Å²) in [6, 6.07) is 0.510. The van der Waals surface area contributed by atoms with E-state index in [0.29, 0.717) is 32.0 Å². The van der Waals surface area contributed by atoms with Gasteiger partial charge in [-0.3, -0.25) is 0 Å². The van der Waals surface area contributed by atoms with Gasteiger partial charge in [-0.1, -0.05) is 0 Å². The Kier molecular flexibility index (Phi) is 3.51. The summed E-state index contributed by atoms with van der Waals surface area (Å²) in [6.07, 6.45) is 1.38. The smallest absolute Gasteiger partial charge is 0.251 e. The van der Waals surface area contributed by atoms with Crippen molar-refractivity contribution in [1.82, 2.24) is 4.98 Å². The minimum atomic E-state index is -1.29. The minimum absolute atomic E-state index is 0.0987. The average molecular weight is 246 g/mol. The second-order valence-electron chi connectivity index (χ2n) is 4.18. The molecule has 3 nitrogen and oxygen atoms in total. The first kappa shape index (κ1) is 12.2. The molecule has 0 aromatic carbocycles. The maximum absolute atomic E-state index is 13.4. The molecule has 2 heterocycles. The Morgan fingerprint density at radius 3 is 2.47 bits per heavy atom. The van der Waals surface area contributed by atoms with Gasteiger partial charge in [0.25, 0.3) is 5.95 Å². The van der Waals surface area contributed by atoms with Gasteiger partial charge < -0.3 is 10.0 Å². The van der Waals surface area contributed by atoms with Crippen molar-refractivity contribution in [1.29, 1.82) is 0 Å². The number of rotatable bonds is 2. The highest BCUT2D eigenvalue weighted by Gasteiger charge is 2.23. The summed E-state index contributed by atoms with van der Waals surface area (Å²) in [7, 11) is 0. The summed E-state index contributed by atoms with van der Waals surface area (Å²) in [5, 5.41) is 8.97. The van der Waals surface area contributed by atoms with Gasteiger partial charge in [0.2, 0.25) is 0 Å². The van der Waals surface area contributed by atoms with Gasteiger partial charge in [-0.05, 0) is 18.8 Å². The quantitative estimate of drug-likeness (QED) is 0.807. The third kappa shape index (κ3) is 2.52. The van der Waals surface area contributed by atoms with Gasteiger partial charge in [0, 0.05) is 25.8 Å². The van der Waals surface area contributed by atoms with E-state index in [9.17, 15) is 13.2 Å². The van der Waals surface area contributed by atoms with E-state index in [1.165, 1.54) is 0 Å². The predicted molar refractivity (Wildman–Crippen MR) is 56.1 cm³/mol. The van der Waals surface area contributed by atoms with E-state index < -0.39 is 17.6 Å². The third-order valence-corrected chi connectivity index (χ3v) is 3.04. The summed E-state index contributed by atoms with van der Waals surface area (Å²) in [6.45, 7) is 1.07. The Morgan fingerprint density at radius 2 is 1.88 bits per heavy atom. The molecule has 1 aromatic heterocycles. The van der Waals surface area contributed by atoms with Crippen LogP contribution in [0.1, 0.15) is 12.8 Å². The highest BCUT2D eigenvalue weighted by atomic mass is 19.2. The highest BCUT2D eigenvalue weighted by molar-refractivity contribution is 5.40. The van der Waals surface area contributed by atoms with E-state index in [4.69, 9.17) is 5.11 Å². The number of aliphatic hydroxyl groups is 1. The van der Waals surface area contributed by atoms with E-state index in [0.717, 1.165) is 0 Å². The molecule has 94 valence electrons. The molecule has 0 aliphatic carbocycles. The summed E-state index contributed by atoms with van der Waals surface area (Å²) in [5.74, 6) is -3.38. The van der Waals surface area contributed by atoms with Crippen molar-refractivity contribution >= 4 is 5.82 Å². The van der Waals surface area contributed by atoms with Gasteiger partial charge in [0.1, 0.15) is 0 Å². The molecule has 0 spiro atoms. The molecule has 1 aromatic rings. The van der Waals surface area contributed by atoms with Crippen molar-refractivity contribution in [3.63, 3.8) is 0 Å². The maximum Gasteiger partial charge on any atom is 0.251 e. The van der Waals surface area contributed by atoms with Crippen molar-refractivity contribution in [3.05, 3.63) is 23.6 Å². The number of anilines is 1. The number of hydrogen-bond acceptors (Lipinski definition) is 3. The molecule has 1 saturated heterocycles. The monoisotopic (exact) mass is 246 g/mol. The molecule has 0 saturated carbocycles. The minimum Gasteiger partial charge on any atom is -0.396 e. The van der Waals surface area contributed by atoms with E-state index >= 15 is 0 Å². The highest BCUT2D eigenvalue weighted by Crippen LogP contribution is 2.24. The Balaban J connectivity index is 2.16. The summed E-state index contributed by atoms with van der Waals surface area (Å²) in [4.78, 5) is 4.87. The van der Waals surface area contributed by atoms with Gasteiger partial charge in [0.05, 0.1) is 0 Å². The van der Waals surface area contributed by atoms with Crippen molar-refractivity contribution in [2.24, 2.45) is 5.92 Å². The number of nitrogens with zero attached hydrogens (tertiary/aromatic N) is 2. The maximum atomic E-state index is 13.4. The first-order valence-electron chi connectivity index (χ1n) is 5.49. The first-order chi connectivity index (χ1) is 8.11. The van der Waals surface area contributed by atoms with Crippen LogP contribution >= 0.6 is 0 Å². The van der Waals surface area contributed by atoms with Crippen LogP contribution in [0.15, 0.2) is 6.07 Å². The molecular formula is C11H13F3N2O. The second kappa shape index (κ2) is 4.91. The Labute approximate surface area is 96.9 Å². The largest absolute Gasteiger partial charge is 0.396 e.